The fourth-order valence-corrected chi connectivity index (χ4v) is 2.41. The third-order valence-corrected chi connectivity index (χ3v) is 3.12. The summed E-state index contributed by atoms with van der Waals surface area (Å²) in [6.45, 7) is 0. The molecule has 0 aromatic heterocycles. The second-order valence-corrected chi connectivity index (χ2v) is 3.82. The van der Waals surface area contributed by atoms with Crippen molar-refractivity contribution in [2.24, 2.45) is 0 Å². The van der Waals surface area contributed by atoms with Crippen molar-refractivity contribution >= 4 is 37.8 Å². The molecule has 1 rings (SSSR count). The number of methoxy groups -OCH3 is 1. The van der Waals surface area contributed by atoms with E-state index in [9.17, 15) is 4.79 Å². The van der Waals surface area contributed by atoms with Gasteiger partial charge in [0.1, 0.15) is 0 Å². The number of hydrogen-bond donors (Lipinski definition) is 0. The van der Waals surface area contributed by atoms with E-state index in [1.54, 1.807) is 6.07 Å². The normalized spacial score (nSPS) is 9.93. The molecule has 0 radical (unpaired) electrons. The summed E-state index contributed by atoms with van der Waals surface area (Å²) in [5, 5.41) is 1.39. The number of rotatable bonds is 3. The van der Waals surface area contributed by atoms with Crippen molar-refractivity contribution < 1.29 is 9.53 Å². The third-order valence-electron chi connectivity index (χ3n) is 1.96. The second-order valence-electron chi connectivity index (χ2n) is 2.70. The number of carbonyl (C=O) groups is 1. The van der Waals surface area contributed by atoms with Crippen molar-refractivity contribution in [2.45, 2.75) is 10.7 Å². The highest BCUT2D eigenvalue weighted by Gasteiger charge is 2.13. The predicted octanol–water partition coefficient (Wildman–Crippen LogP) is 3.26. The van der Waals surface area contributed by atoms with Crippen molar-refractivity contribution in [3.8, 4) is 0 Å². The van der Waals surface area contributed by atoms with Gasteiger partial charge in [-0.3, -0.25) is 0 Å². The van der Waals surface area contributed by atoms with Crippen LogP contribution >= 0.6 is 31.9 Å². The van der Waals surface area contributed by atoms with Gasteiger partial charge in [0, 0.05) is 10.7 Å². The molecule has 0 aliphatic carbocycles. The molecule has 0 N–H and O–H groups in total. The number of esters is 1. The molecule has 0 bridgehead atoms. The van der Waals surface area contributed by atoms with Crippen molar-refractivity contribution in [3.63, 3.8) is 0 Å². The fraction of sp³-hybridized carbons (Fsp3) is 0.300. The lowest BCUT2D eigenvalue weighted by atomic mass is 10.0. The molecular formula is C10H10Br2O2. The average molecular weight is 322 g/mol. The van der Waals surface area contributed by atoms with E-state index < -0.39 is 0 Å². The highest BCUT2D eigenvalue weighted by Crippen LogP contribution is 2.21. The van der Waals surface area contributed by atoms with E-state index in [-0.39, 0.29) is 5.97 Å². The zero-order valence-electron chi connectivity index (χ0n) is 7.72. The molecule has 0 aliphatic heterocycles. The minimum atomic E-state index is -0.290. The maximum absolute atomic E-state index is 11.4. The van der Waals surface area contributed by atoms with E-state index in [0.29, 0.717) is 10.9 Å². The summed E-state index contributed by atoms with van der Waals surface area (Å²) in [5.41, 5.74) is 2.71. The van der Waals surface area contributed by atoms with Gasteiger partial charge in [-0.25, -0.2) is 4.79 Å². The summed E-state index contributed by atoms with van der Waals surface area (Å²) in [6.07, 6.45) is 0. The first-order valence-corrected chi connectivity index (χ1v) is 6.30. The van der Waals surface area contributed by atoms with Gasteiger partial charge in [0.2, 0.25) is 0 Å². The van der Waals surface area contributed by atoms with Gasteiger partial charge in [-0.2, -0.15) is 0 Å². The smallest absolute Gasteiger partial charge is 0.338 e. The van der Waals surface area contributed by atoms with Crippen molar-refractivity contribution in [3.05, 3.63) is 34.9 Å². The van der Waals surface area contributed by atoms with Crippen LogP contribution in [-0.4, -0.2) is 13.1 Å². The zero-order chi connectivity index (χ0) is 10.6. The molecule has 0 spiro atoms. The molecule has 0 amide bonds. The summed E-state index contributed by atoms with van der Waals surface area (Å²) in [5.74, 6) is -0.290. The van der Waals surface area contributed by atoms with Gasteiger partial charge in [0.25, 0.3) is 0 Å². The third kappa shape index (κ3) is 2.36. The Kier molecular flexibility index (Phi) is 4.62. The first-order chi connectivity index (χ1) is 6.74. The molecule has 0 heterocycles. The number of halogens is 2. The van der Waals surface area contributed by atoms with Crippen LogP contribution in [0.3, 0.4) is 0 Å². The van der Waals surface area contributed by atoms with Gasteiger partial charge in [-0.05, 0) is 17.2 Å². The van der Waals surface area contributed by atoms with Gasteiger partial charge >= 0.3 is 5.97 Å². The Hall–Kier alpha value is -0.350. The predicted molar refractivity (Wildman–Crippen MR) is 63.0 cm³/mol. The van der Waals surface area contributed by atoms with E-state index in [1.165, 1.54) is 7.11 Å². The van der Waals surface area contributed by atoms with Crippen LogP contribution in [0.15, 0.2) is 18.2 Å². The molecule has 1 aromatic rings. The molecule has 0 fully saturated rings. The minimum Gasteiger partial charge on any atom is -0.465 e. The highest BCUT2D eigenvalue weighted by molar-refractivity contribution is 9.09. The van der Waals surface area contributed by atoms with Crippen LogP contribution in [0.1, 0.15) is 21.5 Å². The molecule has 76 valence electrons. The maximum atomic E-state index is 11.4. The van der Waals surface area contributed by atoms with Crippen molar-refractivity contribution in [1.29, 1.82) is 0 Å². The summed E-state index contributed by atoms with van der Waals surface area (Å²) in [7, 11) is 1.39. The van der Waals surface area contributed by atoms with Crippen molar-refractivity contribution in [2.75, 3.05) is 7.11 Å². The Bertz CT molecular complexity index is 337. The van der Waals surface area contributed by atoms with Crippen LogP contribution in [-0.2, 0) is 15.4 Å². The number of carbonyl (C=O) groups excluding carboxylic acids is 1. The van der Waals surface area contributed by atoms with Crippen LogP contribution in [0, 0.1) is 0 Å². The number of hydrogen-bond acceptors (Lipinski definition) is 2. The van der Waals surface area contributed by atoms with Gasteiger partial charge in [-0.1, -0.05) is 44.0 Å². The topological polar surface area (TPSA) is 26.3 Å². The Morgan fingerprint density at radius 2 is 2.07 bits per heavy atom. The summed E-state index contributed by atoms with van der Waals surface area (Å²) in [6, 6.07) is 5.61. The van der Waals surface area contributed by atoms with Crippen LogP contribution in [0.5, 0.6) is 0 Å². The number of alkyl halides is 2. The van der Waals surface area contributed by atoms with Gasteiger partial charge in [0.05, 0.1) is 12.7 Å². The Balaban J connectivity index is 3.21. The van der Waals surface area contributed by atoms with E-state index in [1.807, 2.05) is 12.1 Å². The largest absolute Gasteiger partial charge is 0.465 e. The Morgan fingerprint density at radius 1 is 1.36 bits per heavy atom. The molecule has 1 aromatic carbocycles. The molecule has 0 atom stereocenters. The second kappa shape index (κ2) is 5.51. The van der Waals surface area contributed by atoms with E-state index in [4.69, 9.17) is 4.74 Å². The first-order valence-electron chi connectivity index (χ1n) is 4.05. The molecule has 0 unspecified atom stereocenters. The molecule has 4 heteroatoms. The van der Waals surface area contributed by atoms with Crippen LogP contribution in [0.25, 0.3) is 0 Å². The van der Waals surface area contributed by atoms with E-state index in [2.05, 4.69) is 31.9 Å². The number of benzene rings is 1. The Labute approximate surface area is 99.9 Å². The molecule has 2 nitrogen and oxygen atoms in total. The van der Waals surface area contributed by atoms with Crippen molar-refractivity contribution in [1.82, 2.24) is 0 Å². The van der Waals surface area contributed by atoms with Crippen LogP contribution < -0.4 is 0 Å². The molecule has 0 saturated carbocycles. The molecule has 0 saturated heterocycles. The summed E-state index contributed by atoms with van der Waals surface area (Å²) < 4.78 is 4.70. The Morgan fingerprint density at radius 3 is 2.57 bits per heavy atom. The molecule has 0 aliphatic rings. The fourth-order valence-electron chi connectivity index (χ4n) is 1.22. The SMILES string of the molecule is COC(=O)c1cccc(CBr)c1CBr. The first kappa shape index (κ1) is 11.7. The van der Waals surface area contributed by atoms with Gasteiger partial charge in [0.15, 0.2) is 0 Å². The van der Waals surface area contributed by atoms with E-state index >= 15 is 0 Å². The zero-order valence-corrected chi connectivity index (χ0v) is 10.9. The molecule has 14 heavy (non-hydrogen) atoms. The standard InChI is InChI=1S/C10H10Br2O2/c1-14-10(13)8-4-2-3-7(5-11)9(8)6-12/h2-4H,5-6H2,1H3. The van der Waals surface area contributed by atoms with Crippen LogP contribution in [0.2, 0.25) is 0 Å². The van der Waals surface area contributed by atoms with Gasteiger partial charge < -0.3 is 4.74 Å². The summed E-state index contributed by atoms with van der Waals surface area (Å²) in [4.78, 5) is 11.4. The average Bonchev–Trinajstić information content (AvgIpc) is 2.26. The lowest BCUT2D eigenvalue weighted by molar-refractivity contribution is 0.0599. The monoisotopic (exact) mass is 320 g/mol. The van der Waals surface area contributed by atoms with Crippen LogP contribution in [0.4, 0.5) is 0 Å². The minimum absolute atomic E-state index is 0.290. The quantitative estimate of drug-likeness (QED) is 0.631. The molecular weight excluding hydrogens is 312 g/mol. The highest BCUT2D eigenvalue weighted by atomic mass is 79.9. The lowest BCUT2D eigenvalue weighted by Crippen LogP contribution is -2.06. The van der Waals surface area contributed by atoms with Gasteiger partial charge in [-0.15, -0.1) is 0 Å². The summed E-state index contributed by atoms with van der Waals surface area (Å²) >= 11 is 6.75. The van der Waals surface area contributed by atoms with E-state index in [0.717, 1.165) is 16.5 Å². The number of ether oxygens (including phenoxy) is 1. The maximum Gasteiger partial charge on any atom is 0.338 e. The lowest BCUT2D eigenvalue weighted by Gasteiger charge is -2.09.